The van der Waals surface area contributed by atoms with Crippen molar-refractivity contribution in [2.75, 3.05) is 6.61 Å². The van der Waals surface area contributed by atoms with E-state index < -0.39 is 10.3 Å². The highest BCUT2D eigenvalue weighted by molar-refractivity contribution is 6.57. The van der Waals surface area contributed by atoms with Crippen molar-refractivity contribution in [2.24, 2.45) is 0 Å². The first-order valence-electron chi connectivity index (χ1n) is 4.31. The van der Waals surface area contributed by atoms with Crippen molar-refractivity contribution in [3.8, 4) is 5.75 Å². The molecule has 5 heteroatoms. The molecule has 82 valence electrons. The van der Waals surface area contributed by atoms with Gasteiger partial charge in [-0.1, -0.05) is 41.4 Å². The molecule has 0 aromatic heterocycles. The molecule has 0 spiro atoms. The minimum Gasteiger partial charge on any atom is -0.493 e. The summed E-state index contributed by atoms with van der Waals surface area (Å²) in [5, 5.41) is 8.62. The van der Waals surface area contributed by atoms with Crippen LogP contribution in [0, 0.1) is 0 Å². The molecule has 1 N–H and O–H groups in total. The molecular formula is C10H10Cl2O3. The van der Waals surface area contributed by atoms with E-state index >= 15 is 0 Å². The molecular weight excluding hydrogens is 239 g/mol. The molecule has 0 saturated heterocycles. The van der Waals surface area contributed by atoms with E-state index in [1.807, 2.05) is 18.2 Å². The van der Waals surface area contributed by atoms with Crippen molar-refractivity contribution in [3.05, 3.63) is 30.3 Å². The Balaban J connectivity index is 2.37. The summed E-state index contributed by atoms with van der Waals surface area (Å²) in [7, 11) is 0. The van der Waals surface area contributed by atoms with Crippen molar-refractivity contribution < 1.29 is 14.6 Å². The number of carboxylic acid groups (broad SMARTS) is 1. The molecule has 0 bridgehead atoms. The molecule has 1 rings (SSSR count). The third-order valence-corrected chi connectivity index (χ3v) is 2.44. The van der Waals surface area contributed by atoms with Crippen LogP contribution in [-0.4, -0.2) is 22.0 Å². The van der Waals surface area contributed by atoms with E-state index in [1.54, 1.807) is 12.1 Å². The van der Waals surface area contributed by atoms with Gasteiger partial charge in [-0.3, -0.25) is 0 Å². The normalized spacial score (nSPS) is 11.1. The van der Waals surface area contributed by atoms with Gasteiger partial charge >= 0.3 is 5.97 Å². The molecule has 0 atom stereocenters. The topological polar surface area (TPSA) is 46.5 Å². The highest BCUT2D eigenvalue weighted by Crippen LogP contribution is 2.25. The van der Waals surface area contributed by atoms with E-state index in [-0.39, 0.29) is 13.0 Å². The highest BCUT2D eigenvalue weighted by Gasteiger charge is 2.33. The Hall–Kier alpha value is -0.930. The van der Waals surface area contributed by atoms with Gasteiger partial charge in [0, 0.05) is 6.42 Å². The Bertz CT molecular complexity index is 325. The minimum absolute atomic E-state index is 0.0281. The van der Waals surface area contributed by atoms with E-state index in [4.69, 9.17) is 33.0 Å². The second kappa shape index (κ2) is 5.24. The van der Waals surface area contributed by atoms with Crippen LogP contribution in [0.4, 0.5) is 0 Å². The van der Waals surface area contributed by atoms with Gasteiger partial charge in [-0.2, -0.15) is 0 Å². The number of rotatable bonds is 5. The van der Waals surface area contributed by atoms with Crippen LogP contribution in [0.15, 0.2) is 30.3 Å². The van der Waals surface area contributed by atoms with Crippen molar-refractivity contribution in [1.82, 2.24) is 0 Å². The molecule has 0 saturated carbocycles. The van der Waals surface area contributed by atoms with Crippen LogP contribution in [-0.2, 0) is 4.79 Å². The van der Waals surface area contributed by atoms with Crippen LogP contribution < -0.4 is 4.74 Å². The largest absolute Gasteiger partial charge is 0.493 e. The summed E-state index contributed by atoms with van der Waals surface area (Å²) in [6.45, 7) is 0.156. The quantitative estimate of drug-likeness (QED) is 0.816. The van der Waals surface area contributed by atoms with Gasteiger partial charge < -0.3 is 9.84 Å². The summed E-state index contributed by atoms with van der Waals surface area (Å²) in [6, 6.07) is 9.04. The fourth-order valence-electron chi connectivity index (χ4n) is 0.921. The van der Waals surface area contributed by atoms with Crippen LogP contribution in [0.1, 0.15) is 6.42 Å². The van der Waals surface area contributed by atoms with Gasteiger partial charge in [0.25, 0.3) is 0 Å². The summed E-state index contributed by atoms with van der Waals surface area (Å²) in [5.74, 6) is -0.602. The average Bonchev–Trinajstić information content (AvgIpc) is 2.19. The molecule has 3 nitrogen and oxygen atoms in total. The Morgan fingerprint density at radius 1 is 1.33 bits per heavy atom. The smallest absolute Gasteiger partial charge is 0.340 e. The first-order valence-corrected chi connectivity index (χ1v) is 5.07. The summed E-state index contributed by atoms with van der Waals surface area (Å²) in [5.41, 5.74) is 0. The van der Waals surface area contributed by atoms with E-state index in [0.29, 0.717) is 5.75 Å². The molecule has 0 aliphatic carbocycles. The third kappa shape index (κ3) is 3.98. The van der Waals surface area contributed by atoms with Gasteiger partial charge in [0.2, 0.25) is 4.33 Å². The number of halogens is 2. The minimum atomic E-state index is -1.78. The number of aliphatic carboxylic acids is 1. The Morgan fingerprint density at radius 3 is 2.47 bits per heavy atom. The zero-order chi connectivity index (χ0) is 11.3. The average molecular weight is 249 g/mol. The first kappa shape index (κ1) is 12.1. The number of carboxylic acids is 1. The fourth-order valence-corrected chi connectivity index (χ4v) is 1.08. The predicted octanol–water partition coefficient (Wildman–Crippen LogP) is 2.71. The number of hydrogen-bond donors (Lipinski definition) is 1. The maximum atomic E-state index is 10.5. The number of benzene rings is 1. The lowest BCUT2D eigenvalue weighted by Crippen LogP contribution is -2.27. The lowest BCUT2D eigenvalue weighted by atomic mass is 10.3. The zero-order valence-corrected chi connectivity index (χ0v) is 9.33. The monoisotopic (exact) mass is 248 g/mol. The number of alkyl halides is 2. The van der Waals surface area contributed by atoms with Crippen LogP contribution in [0.2, 0.25) is 0 Å². The lowest BCUT2D eigenvalue weighted by Gasteiger charge is -2.14. The molecule has 0 aliphatic rings. The Morgan fingerprint density at radius 2 is 1.93 bits per heavy atom. The van der Waals surface area contributed by atoms with Crippen LogP contribution in [0.3, 0.4) is 0 Å². The second-order valence-electron chi connectivity index (χ2n) is 2.92. The van der Waals surface area contributed by atoms with E-state index in [1.165, 1.54) is 0 Å². The van der Waals surface area contributed by atoms with Gasteiger partial charge in [-0.15, -0.1) is 0 Å². The van der Waals surface area contributed by atoms with Gasteiger partial charge in [0.1, 0.15) is 5.75 Å². The Kier molecular flexibility index (Phi) is 4.24. The molecule has 0 unspecified atom stereocenters. The van der Waals surface area contributed by atoms with Gasteiger partial charge in [0.05, 0.1) is 6.61 Å². The number of hydrogen-bond acceptors (Lipinski definition) is 2. The molecule has 1 aromatic carbocycles. The van der Waals surface area contributed by atoms with Gasteiger partial charge in [0.15, 0.2) is 0 Å². The number of carbonyl (C=O) groups is 1. The summed E-state index contributed by atoms with van der Waals surface area (Å²) >= 11 is 11.0. The van der Waals surface area contributed by atoms with Crippen LogP contribution in [0.5, 0.6) is 5.75 Å². The lowest BCUT2D eigenvalue weighted by molar-refractivity contribution is -0.138. The molecule has 15 heavy (non-hydrogen) atoms. The SMILES string of the molecule is O=C(O)C(Cl)(Cl)CCOc1ccccc1. The van der Waals surface area contributed by atoms with Crippen molar-refractivity contribution in [2.45, 2.75) is 10.8 Å². The first-order chi connectivity index (χ1) is 7.02. The van der Waals surface area contributed by atoms with Gasteiger partial charge in [-0.25, -0.2) is 4.79 Å². The predicted molar refractivity (Wildman–Crippen MR) is 58.6 cm³/mol. The number of para-hydroxylation sites is 1. The molecule has 0 heterocycles. The molecule has 1 aromatic rings. The zero-order valence-electron chi connectivity index (χ0n) is 7.82. The Labute approximate surface area is 97.6 Å². The molecule has 0 radical (unpaired) electrons. The summed E-state index contributed by atoms with van der Waals surface area (Å²) in [4.78, 5) is 10.5. The maximum Gasteiger partial charge on any atom is 0.340 e. The standard InChI is InChI=1S/C10H10Cl2O3/c11-10(12,9(13)14)6-7-15-8-4-2-1-3-5-8/h1-5H,6-7H2,(H,13,14). The third-order valence-electron chi connectivity index (χ3n) is 1.74. The van der Waals surface area contributed by atoms with E-state index in [9.17, 15) is 4.79 Å². The summed E-state index contributed by atoms with van der Waals surface area (Å²) in [6.07, 6.45) is 0.0281. The molecule has 0 amide bonds. The maximum absolute atomic E-state index is 10.5. The highest BCUT2D eigenvalue weighted by atomic mass is 35.5. The van der Waals surface area contributed by atoms with E-state index in [0.717, 1.165) is 0 Å². The van der Waals surface area contributed by atoms with Gasteiger partial charge in [-0.05, 0) is 12.1 Å². The second-order valence-corrected chi connectivity index (χ2v) is 4.41. The van der Waals surface area contributed by atoms with Crippen molar-refractivity contribution in [1.29, 1.82) is 0 Å². The van der Waals surface area contributed by atoms with Crippen LogP contribution >= 0.6 is 23.2 Å². The van der Waals surface area contributed by atoms with Crippen molar-refractivity contribution in [3.63, 3.8) is 0 Å². The van der Waals surface area contributed by atoms with E-state index in [2.05, 4.69) is 0 Å². The van der Waals surface area contributed by atoms with Crippen LogP contribution in [0.25, 0.3) is 0 Å². The molecule has 0 fully saturated rings. The summed E-state index contributed by atoms with van der Waals surface area (Å²) < 4.78 is 3.48. The molecule has 0 aliphatic heterocycles. The van der Waals surface area contributed by atoms with Crippen molar-refractivity contribution >= 4 is 29.2 Å². The fraction of sp³-hybridized carbons (Fsp3) is 0.300. The number of ether oxygens (including phenoxy) is 1.